The van der Waals surface area contributed by atoms with Crippen molar-refractivity contribution >= 4 is 50.1 Å². The highest BCUT2D eigenvalue weighted by Gasteiger charge is 2.24. The van der Waals surface area contributed by atoms with Crippen molar-refractivity contribution in [1.82, 2.24) is 20.1 Å². The van der Waals surface area contributed by atoms with E-state index in [-0.39, 0.29) is 18.2 Å². The van der Waals surface area contributed by atoms with Crippen LogP contribution in [0.15, 0.2) is 59.3 Å². The van der Waals surface area contributed by atoms with Gasteiger partial charge >= 0.3 is 0 Å². The molecule has 0 aliphatic rings. The number of nitrogens with one attached hydrogen (secondary N) is 1. The van der Waals surface area contributed by atoms with Gasteiger partial charge in [-0.3, -0.25) is 14.3 Å². The minimum atomic E-state index is -4.48. The second-order valence-corrected chi connectivity index (χ2v) is 9.57. The molecule has 0 saturated heterocycles. The molecule has 0 radical (unpaired) electrons. The van der Waals surface area contributed by atoms with Gasteiger partial charge in [0.15, 0.2) is 5.82 Å². The van der Waals surface area contributed by atoms with Gasteiger partial charge in [-0.2, -0.15) is 8.42 Å². The van der Waals surface area contributed by atoms with Gasteiger partial charge in [0, 0.05) is 24.0 Å². The number of aliphatic hydroxyl groups excluding tert-OH is 1. The quantitative estimate of drug-likeness (QED) is 0.213. The molecule has 3 aromatic heterocycles. The van der Waals surface area contributed by atoms with Gasteiger partial charge in [-0.25, -0.2) is 0 Å². The van der Waals surface area contributed by atoms with Crippen molar-refractivity contribution in [3.05, 3.63) is 71.2 Å². The number of pyridine rings is 1. The monoisotopic (exact) mass is 533 g/mol. The minimum Gasteiger partial charge on any atom is -0.469 e. The van der Waals surface area contributed by atoms with Crippen LogP contribution in [0.2, 0.25) is 5.02 Å². The van der Waals surface area contributed by atoms with Gasteiger partial charge < -0.3 is 24.5 Å². The Bertz CT molecular complexity index is 1490. The number of amides is 1. The predicted molar refractivity (Wildman–Crippen MR) is 130 cm³/mol. The molecule has 0 bridgehead atoms. The summed E-state index contributed by atoms with van der Waals surface area (Å²) in [5.74, 6) is -1.20. The number of ether oxygens (including phenoxy) is 1. The lowest BCUT2D eigenvalue weighted by atomic mass is 10.2. The first-order valence-corrected chi connectivity index (χ1v) is 12.3. The third-order valence-corrected chi connectivity index (χ3v) is 5.98. The van der Waals surface area contributed by atoms with E-state index in [1.807, 2.05) is 0 Å². The number of halogens is 1. The molecule has 1 unspecified atom stereocenters. The molecule has 0 aliphatic carbocycles. The summed E-state index contributed by atoms with van der Waals surface area (Å²) in [6, 6.07) is 11.8. The first-order valence-electron chi connectivity index (χ1n) is 10.4. The topological polar surface area (TPSA) is 168 Å². The van der Waals surface area contributed by atoms with E-state index in [2.05, 4.69) is 20.5 Å². The normalized spacial score (nSPS) is 12.3. The summed E-state index contributed by atoms with van der Waals surface area (Å²) >= 11 is 5.92. The third kappa shape index (κ3) is 6.07. The van der Waals surface area contributed by atoms with Gasteiger partial charge in [-0.15, -0.1) is 10.2 Å². The molecule has 1 atom stereocenters. The van der Waals surface area contributed by atoms with Crippen LogP contribution in [-0.2, 0) is 16.7 Å². The molecule has 36 heavy (non-hydrogen) atoms. The Morgan fingerprint density at radius 2 is 1.97 bits per heavy atom. The van der Waals surface area contributed by atoms with Gasteiger partial charge in [0.2, 0.25) is 5.58 Å². The fourth-order valence-electron chi connectivity index (χ4n) is 3.16. The van der Waals surface area contributed by atoms with E-state index in [1.165, 1.54) is 25.6 Å². The largest absolute Gasteiger partial charge is 0.469 e. The number of hydrogen-bond acceptors (Lipinski definition) is 10. The Hall–Kier alpha value is -3.78. The van der Waals surface area contributed by atoms with Gasteiger partial charge in [0.25, 0.3) is 21.9 Å². The Balaban J connectivity index is 1.47. The molecule has 1 aromatic carbocycles. The number of furan rings is 1. The standard InChI is InChI=1S/C22H20ClN5O7S/c1-28(18(29)12-36(31,32)33)22(30)17-10-13(6-8-24-17)11-35-21-19-16(7-9-34-19)20(26-27-21)25-15-4-2-14(23)3-5-15/h2-10,18,29H,11-12H2,1H3,(H,25,26)(H,31,32,33). The van der Waals surface area contributed by atoms with Crippen molar-refractivity contribution in [2.24, 2.45) is 0 Å². The Labute approximate surface area is 210 Å². The van der Waals surface area contributed by atoms with E-state index in [1.54, 1.807) is 36.4 Å². The average Bonchev–Trinajstić information content (AvgIpc) is 3.34. The summed E-state index contributed by atoms with van der Waals surface area (Å²) < 4.78 is 42.1. The Kier molecular flexibility index (Phi) is 7.35. The first kappa shape index (κ1) is 25.3. The zero-order valence-electron chi connectivity index (χ0n) is 18.7. The highest BCUT2D eigenvalue weighted by Crippen LogP contribution is 2.31. The molecule has 14 heteroatoms. The molecule has 12 nitrogen and oxygen atoms in total. The summed E-state index contributed by atoms with van der Waals surface area (Å²) in [6.45, 7) is -0.0193. The molecule has 4 aromatic rings. The molecule has 188 valence electrons. The van der Waals surface area contributed by atoms with Crippen molar-refractivity contribution in [2.75, 3.05) is 18.1 Å². The second-order valence-electron chi connectivity index (χ2n) is 7.63. The maximum absolute atomic E-state index is 12.6. The molecular weight excluding hydrogens is 514 g/mol. The lowest BCUT2D eigenvalue weighted by molar-refractivity contribution is 0.0298. The molecule has 1 amide bonds. The molecular formula is C22H20ClN5O7S. The number of nitrogens with zero attached hydrogens (tertiary/aromatic N) is 4. The lowest BCUT2D eigenvalue weighted by Crippen LogP contribution is -2.41. The summed E-state index contributed by atoms with van der Waals surface area (Å²) in [6.07, 6.45) is 1.09. The molecule has 0 saturated carbocycles. The fraction of sp³-hybridized carbons (Fsp3) is 0.182. The number of rotatable bonds is 9. The Morgan fingerprint density at radius 3 is 2.69 bits per heavy atom. The van der Waals surface area contributed by atoms with Gasteiger partial charge in [0.05, 0.1) is 11.6 Å². The number of benzene rings is 1. The molecule has 0 fully saturated rings. The minimum absolute atomic E-state index is 0.0193. The summed E-state index contributed by atoms with van der Waals surface area (Å²) in [7, 11) is -3.30. The van der Waals surface area contributed by atoms with Crippen molar-refractivity contribution in [2.45, 2.75) is 12.8 Å². The predicted octanol–water partition coefficient (Wildman–Crippen LogP) is 2.87. The number of aromatic nitrogens is 3. The maximum Gasteiger partial charge on any atom is 0.278 e. The third-order valence-electron chi connectivity index (χ3n) is 5.01. The van der Waals surface area contributed by atoms with Crippen LogP contribution in [0.5, 0.6) is 5.88 Å². The second kappa shape index (κ2) is 10.5. The number of aliphatic hydroxyl groups is 1. The van der Waals surface area contributed by atoms with Gasteiger partial charge in [-0.1, -0.05) is 11.6 Å². The molecule has 3 N–H and O–H groups in total. The fourth-order valence-corrected chi connectivity index (χ4v) is 3.89. The van der Waals surface area contributed by atoms with Gasteiger partial charge in [-0.05, 0) is 48.0 Å². The summed E-state index contributed by atoms with van der Waals surface area (Å²) in [5.41, 5.74) is 1.59. The summed E-state index contributed by atoms with van der Waals surface area (Å²) in [5, 5.41) is 22.5. The van der Waals surface area contributed by atoms with Crippen LogP contribution in [0.3, 0.4) is 0 Å². The molecule has 3 heterocycles. The number of fused-ring (bicyclic) bond motifs is 1. The van der Waals surface area contributed by atoms with Crippen molar-refractivity contribution in [3.8, 4) is 5.88 Å². The number of carbonyl (C=O) groups excluding carboxylic acids is 1. The van der Waals surface area contributed by atoms with E-state index in [4.69, 9.17) is 25.3 Å². The Morgan fingerprint density at radius 1 is 1.22 bits per heavy atom. The molecule has 4 rings (SSSR count). The van der Waals surface area contributed by atoms with Crippen LogP contribution < -0.4 is 10.1 Å². The van der Waals surface area contributed by atoms with Crippen LogP contribution in [0.1, 0.15) is 16.1 Å². The van der Waals surface area contributed by atoms with Crippen LogP contribution in [-0.4, -0.2) is 63.1 Å². The zero-order valence-corrected chi connectivity index (χ0v) is 20.3. The maximum atomic E-state index is 12.6. The van der Waals surface area contributed by atoms with Crippen molar-refractivity contribution < 1.29 is 32.0 Å². The van der Waals surface area contributed by atoms with E-state index in [0.29, 0.717) is 27.4 Å². The van der Waals surface area contributed by atoms with Crippen molar-refractivity contribution in [1.29, 1.82) is 0 Å². The van der Waals surface area contributed by atoms with Crippen LogP contribution >= 0.6 is 11.6 Å². The van der Waals surface area contributed by atoms with Crippen molar-refractivity contribution in [3.63, 3.8) is 0 Å². The summed E-state index contributed by atoms with van der Waals surface area (Å²) in [4.78, 5) is 17.3. The molecule has 0 spiro atoms. The highest BCUT2D eigenvalue weighted by atomic mass is 35.5. The van der Waals surface area contributed by atoms with E-state index in [9.17, 15) is 18.3 Å². The SMILES string of the molecule is CN(C(=O)c1cc(COc2nnc(Nc3ccc(Cl)cc3)c3ccoc23)ccn1)C(O)CS(=O)(=O)O. The van der Waals surface area contributed by atoms with E-state index < -0.39 is 28.0 Å². The number of hydrogen-bond donors (Lipinski definition) is 3. The van der Waals surface area contributed by atoms with Gasteiger partial charge in [0.1, 0.15) is 24.3 Å². The van der Waals surface area contributed by atoms with Crippen LogP contribution in [0.4, 0.5) is 11.5 Å². The van der Waals surface area contributed by atoms with E-state index in [0.717, 1.165) is 10.6 Å². The smallest absolute Gasteiger partial charge is 0.278 e. The highest BCUT2D eigenvalue weighted by molar-refractivity contribution is 7.85. The first-order chi connectivity index (χ1) is 17.1. The lowest BCUT2D eigenvalue weighted by Gasteiger charge is -2.22. The van der Waals surface area contributed by atoms with Crippen LogP contribution in [0, 0.1) is 0 Å². The van der Waals surface area contributed by atoms with Crippen LogP contribution in [0.25, 0.3) is 11.0 Å². The number of carbonyl (C=O) groups is 1. The zero-order chi connectivity index (χ0) is 25.9. The number of anilines is 2. The average molecular weight is 534 g/mol. The molecule has 0 aliphatic heterocycles. The van der Waals surface area contributed by atoms with E-state index >= 15 is 0 Å².